The number of rotatable bonds is 10. The summed E-state index contributed by atoms with van der Waals surface area (Å²) in [7, 11) is 2.42. The van der Waals surface area contributed by atoms with Crippen LogP contribution in [0.4, 0.5) is 0 Å². The Morgan fingerprint density at radius 2 is 0.825 bits per heavy atom. The highest BCUT2D eigenvalue weighted by atomic mass is 31.1. The third-order valence-electron chi connectivity index (χ3n) is 10.8. The lowest BCUT2D eigenvalue weighted by Gasteiger charge is -2.26. The average molecular weight is 881 g/mol. The summed E-state index contributed by atoms with van der Waals surface area (Å²) in [6.07, 6.45) is 0. The molecule has 10 nitrogen and oxygen atoms in total. The van der Waals surface area contributed by atoms with Gasteiger partial charge in [0.1, 0.15) is 45.3 Å². The molecular formula is C51H46O10P2. The highest BCUT2D eigenvalue weighted by molar-refractivity contribution is 7.32. The van der Waals surface area contributed by atoms with Gasteiger partial charge in [0.25, 0.3) is 0 Å². The summed E-state index contributed by atoms with van der Waals surface area (Å²) in [6, 6.07) is 43.1. The molecule has 2 aromatic heterocycles. The second kappa shape index (κ2) is 17.1. The molecule has 12 heteroatoms. The first kappa shape index (κ1) is 41.5. The van der Waals surface area contributed by atoms with Gasteiger partial charge in [-0.2, -0.15) is 0 Å². The van der Waals surface area contributed by atoms with Crippen molar-refractivity contribution in [2.24, 2.45) is 0 Å². The van der Waals surface area contributed by atoms with E-state index in [-0.39, 0.29) is 0 Å². The maximum atomic E-state index is 7.05. The highest BCUT2D eigenvalue weighted by Crippen LogP contribution is 2.54. The second-order valence-corrected chi connectivity index (χ2v) is 17.9. The molecule has 2 heterocycles. The van der Waals surface area contributed by atoms with Crippen LogP contribution >= 0.6 is 16.5 Å². The van der Waals surface area contributed by atoms with E-state index in [1.807, 2.05) is 140 Å². The quantitative estimate of drug-likeness (QED) is 0.132. The number of para-hydroxylation sites is 4. The van der Waals surface area contributed by atoms with Gasteiger partial charge in [-0.25, -0.2) is 0 Å². The van der Waals surface area contributed by atoms with Crippen molar-refractivity contribution in [3.8, 4) is 56.8 Å². The van der Waals surface area contributed by atoms with Gasteiger partial charge in [0.2, 0.25) is 0 Å². The number of hydrogen-bond acceptors (Lipinski definition) is 10. The fourth-order valence-corrected chi connectivity index (χ4v) is 9.92. The van der Waals surface area contributed by atoms with Gasteiger partial charge >= 0.3 is 16.5 Å². The van der Waals surface area contributed by atoms with Crippen LogP contribution in [-0.2, 0) is 5.41 Å². The first-order valence-electron chi connectivity index (χ1n) is 20.3. The SMILES string of the molecule is COc1cc(-c2cc(-c3cc(C)cc(OC)c3Op3oc4ccccc4c4ccccc4o3)c(OC)cc2OC)c(Op2oc3ccccc3c3ccccc3o2)c(C(C)(C)C)c1. The highest BCUT2D eigenvalue weighted by Gasteiger charge is 2.29. The Balaban J connectivity index is 1.29. The predicted octanol–water partition coefficient (Wildman–Crippen LogP) is 15.6. The van der Waals surface area contributed by atoms with E-state index in [9.17, 15) is 0 Å². The molecule has 9 rings (SSSR count). The topological polar surface area (TPSA) is 108 Å². The summed E-state index contributed by atoms with van der Waals surface area (Å²) in [4.78, 5) is 0. The molecule has 0 amide bonds. The standard InChI is InChI=1S/C51H46O10P2/c1-31-25-39(50(48(26-31)55-8)61-63-58-44-23-15-11-19-35(44)36-20-12-16-24-45(36)59-63)37-29-38(47(54-7)30-46(37)53-6)40-27-32(52-5)28-41(51(2,3)4)49(40)60-62-56-42-21-13-9-17-33(42)34-18-10-14-22-43(34)57-62/h9-30H,1-8H3. The van der Waals surface area contributed by atoms with Crippen LogP contribution in [0.15, 0.2) is 150 Å². The minimum Gasteiger partial charge on any atom is -0.497 e. The molecule has 9 aromatic rings. The van der Waals surface area contributed by atoms with E-state index >= 15 is 0 Å². The van der Waals surface area contributed by atoms with Gasteiger partial charge in [-0.3, -0.25) is 0 Å². The molecular weight excluding hydrogens is 834 g/mol. The molecule has 0 N–H and O–H groups in total. The normalized spacial score (nSPS) is 11.5. The Morgan fingerprint density at radius 3 is 1.24 bits per heavy atom. The van der Waals surface area contributed by atoms with Crippen molar-refractivity contribution in [3.05, 3.63) is 145 Å². The molecule has 0 unspecified atom stereocenters. The Bertz CT molecular complexity index is 3140. The maximum absolute atomic E-state index is 7.05. The largest absolute Gasteiger partial charge is 0.497 e. The van der Waals surface area contributed by atoms with Crippen molar-refractivity contribution in [2.45, 2.75) is 33.1 Å². The van der Waals surface area contributed by atoms with Crippen LogP contribution in [0.1, 0.15) is 31.9 Å². The monoisotopic (exact) mass is 880 g/mol. The lowest BCUT2D eigenvalue weighted by molar-refractivity contribution is 0.389. The van der Waals surface area contributed by atoms with E-state index in [2.05, 4.69) is 20.8 Å². The fourth-order valence-electron chi connectivity index (χ4n) is 7.74. The van der Waals surface area contributed by atoms with Crippen LogP contribution in [0.2, 0.25) is 0 Å². The van der Waals surface area contributed by atoms with Crippen molar-refractivity contribution >= 4 is 60.4 Å². The second-order valence-electron chi connectivity index (χ2n) is 15.9. The minimum absolute atomic E-state index is 0.402. The third-order valence-corrected chi connectivity index (χ3v) is 12.8. The van der Waals surface area contributed by atoms with Crippen molar-refractivity contribution in [1.82, 2.24) is 0 Å². The van der Waals surface area contributed by atoms with Gasteiger partial charge in [0, 0.05) is 55.4 Å². The molecule has 320 valence electrons. The summed E-state index contributed by atoms with van der Waals surface area (Å²) in [5, 5.41) is 3.63. The lowest BCUT2D eigenvalue weighted by Crippen LogP contribution is -2.13. The van der Waals surface area contributed by atoms with Gasteiger partial charge < -0.3 is 44.8 Å². The number of aryl methyl sites for hydroxylation is 1. The van der Waals surface area contributed by atoms with Crippen LogP contribution in [-0.4, -0.2) is 28.4 Å². The number of hydrogen-bond donors (Lipinski definition) is 0. The molecule has 63 heavy (non-hydrogen) atoms. The zero-order chi connectivity index (χ0) is 43.8. The van der Waals surface area contributed by atoms with Crippen molar-refractivity contribution in [2.75, 3.05) is 28.4 Å². The molecule has 0 aliphatic heterocycles. The Labute approximate surface area is 366 Å². The predicted molar refractivity (Wildman–Crippen MR) is 252 cm³/mol. The van der Waals surface area contributed by atoms with E-state index in [4.69, 9.17) is 44.8 Å². The van der Waals surface area contributed by atoms with E-state index in [1.54, 1.807) is 28.4 Å². The number of benzene rings is 7. The van der Waals surface area contributed by atoms with Crippen LogP contribution in [0, 0.1) is 6.92 Å². The molecule has 0 fully saturated rings. The van der Waals surface area contributed by atoms with Crippen molar-refractivity contribution in [3.63, 3.8) is 0 Å². The zero-order valence-electron chi connectivity index (χ0n) is 36.2. The summed E-state index contributed by atoms with van der Waals surface area (Å²) < 4.78 is 64.4. The van der Waals surface area contributed by atoms with Crippen LogP contribution in [0.3, 0.4) is 0 Å². The smallest absolute Gasteiger partial charge is 0.453 e. The molecule has 7 aromatic carbocycles. The molecule has 0 bridgehead atoms. The first-order valence-corrected chi connectivity index (χ1v) is 22.5. The van der Waals surface area contributed by atoms with Crippen molar-refractivity contribution in [1.29, 1.82) is 0 Å². The summed E-state index contributed by atoms with van der Waals surface area (Å²) in [6.45, 7) is 8.37. The van der Waals surface area contributed by atoms with Crippen LogP contribution in [0.5, 0.6) is 34.5 Å². The van der Waals surface area contributed by atoms with Gasteiger partial charge in [-0.05, 0) is 72.5 Å². The lowest BCUT2D eigenvalue weighted by atomic mass is 9.83. The van der Waals surface area contributed by atoms with Crippen LogP contribution in [0.25, 0.3) is 66.1 Å². The van der Waals surface area contributed by atoms with Gasteiger partial charge in [-0.15, -0.1) is 0 Å². The minimum atomic E-state index is -2.05. The third kappa shape index (κ3) is 8.04. The van der Waals surface area contributed by atoms with Crippen LogP contribution < -0.4 is 28.0 Å². The zero-order valence-corrected chi connectivity index (χ0v) is 38.0. The van der Waals surface area contributed by atoms with Gasteiger partial charge in [0.15, 0.2) is 11.5 Å². The Hall–Kier alpha value is -6.86. The molecule has 0 atom stereocenters. The average Bonchev–Trinajstić information content (AvgIpc) is 3.56. The first-order chi connectivity index (χ1) is 30.6. The molecule has 0 saturated carbocycles. The molecule has 0 aliphatic carbocycles. The number of fused-ring (bicyclic) bond motifs is 6. The van der Waals surface area contributed by atoms with Crippen molar-refractivity contribution < 1.29 is 44.8 Å². The van der Waals surface area contributed by atoms with E-state index in [1.165, 1.54) is 0 Å². The summed E-state index contributed by atoms with van der Waals surface area (Å²) >= 11 is 0. The summed E-state index contributed by atoms with van der Waals surface area (Å²) in [5.74, 6) is 3.10. The van der Waals surface area contributed by atoms with E-state index in [0.29, 0.717) is 79.1 Å². The Kier molecular flexibility index (Phi) is 11.3. The maximum Gasteiger partial charge on any atom is 0.453 e. The van der Waals surface area contributed by atoms with Gasteiger partial charge in [0.05, 0.1) is 28.4 Å². The number of ether oxygens (including phenoxy) is 4. The number of methoxy groups -OCH3 is 4. The molecule has 0 aliphatic rings. The summed E-state index contributed by atoms with van der Waals surface area (Å²) in [5.41, 5.74) is 6.65. The Morgan fingerprint density at radius 1 is 0.413 bits per heavy atom. The fraction of sp³-hybridized carbons (Fsp3) is 0.176. The van der Waals surface area contributed by atoms with Gasteiger partial charge in [-0.1, -0.05) is 93.6 Å². The molecule has 0 radical (unpaired) electrons. The van der Waals surface area contributed by atoms with E-state index in [0.717, 1.165) is 32.7 Å². The van der Waals surface area contributed by atoms with E-state index < -0.39 is 21.9 Å². The molecule has 0 saturated heterocycles. The molecule has 0 spiro atoms.